The molecule has 2 heteroatoms. The van der Waals surface area contributed by atoms with Gasteiger partial charge >= 0.3 is 0 Å². The number of rotatable bonds is 3. The molecule has 0 aliphatic heterocycles. The first kappa shape index (κ1) is 8.97. The predicted octanol–water partition coefficient (Wildman–Crippen LogP) is 1.05. The molecule has 0 amide bonds. The van der Waals surface area contributed by atoms with Crippen molar-refractivity contribution in [1.29, 1.82) is 0 Å². The number of hydrogen-bond donors (Lipinski definition) is 2. The van der Waals surface area contributed by atoms with Crippen LogP contribution in [0.15, 0.2) is 36.4 Å². The molecule has 0 aromatic heterocycles. The van der Waals surface area contributed by atoms with Crippen LogP contribution in [0.25, 0.3) is 6.08 Å². The summed E-state index contributed by atoms with van der Waals surface area (Å²) < 4.78 is 0. The molecule has 0 saturated heterocycles. The van der Waals surface area contributed by atoms with Crippen LogP contribution in [-0.2, 0) is 0 Å². The molecule has 0 heterocycles. The molecule has 0 saturated carbocycles. The topological polar surface area (TPSA) is 40.5 Å². The Morgan fingerprint density at radius 3 is 2.50 bits per heavy atom. The van der Waals surface area contributed by atoms with E-state index in [1.54, 1.807) is 12.2 Å². The average molecular weight is 164 g/mol. The van der Waals surface area contributed by atoms with E-state index >= 15 is 0 Å². The van der Waals surface area contributed by atoms with Gasteiger partial charge in [-0.15, -0.1) is 0 Å². The molecule has 0 fully saturated rings. The largest absolute Gasteiger partial charge is 0.393 e. The second-order valence-electron chi connectivity index (χ2n) is 2.52. The van der Waals surface area contributed by atoms with Gasteiger partial charge in [0, 0.05) is 0 Å². The highest BCUT2D eigenvalue weighted by atomic mass is 16.3. The molecule has 12 heavy (non-hydrogen) atoms. The lowest BCUT2D eigenvalue weighted by molar-refractivity contribution is 0.131. The van der Waals surface area contributed by atoms with Gasteiger partial charge in [0.15, 0.2) is 0 Å². The molecule has 2 N–H and O–H groups in total. The normalized spacial score (nSPS) is 13.5. The van der Waals surface area contributed by atoms with Crippen LogP contribution in [0.5, 0.6) is 0 Å². The van der Waals surface area contributed by atoms with Gasteiger partial charge in [0.2, 0.25) is 0 Å². The first-order valence-corrected chi connectivity index (χ1v) is 3.85. The van der Waals surface area contributed by atoms with Crippen LogP contribution in [0.4, 0.5) is 0 Å². The van der Waals surface area contributed by atoms with E-state index in [0.29, 0.717) is 0 Å². The molecule has 0 spiro atoms. The van der Waals surface area contributed by atoms with Crippen molar-refractivity contribution in [3.63, 3.8) is 0 Å². The predicted molar refractivity (Wildman–Crippen MR) is 48.6 cm³/mol. The van der Waals surface area contributed by atoms with Crippen molar-refractivity contribution in [3.05, 3.63) is 42.0 Å². The Kier molecular flexibility index (Phi) is 3.51. The minimum absolute atomic E-state index is 0.233. The van der Waals surface area contributed by atoms with Gasteiger partial charge in [0.25, 0.3) is 0 Å². The fourth-order valence-corrected chi connectivity index (χ4v) is 0.847. The molecular formula is C10H12O2. The van der Waals surface area contributed by atoms with E-state index in [9.17, 15) is 0 Å². The summed E-state index contributed by atoms with van der Waals surface area (Å²) in [6.45, 7) is -0.233. The lowest BCUT2D eigenvalue weighted by Gasteiger charge is -1.97. The molecule has 0 radical (unpaired) electrons. The molecular weight excluding hydrogens is 152 g/mol. The Hall–Kier alpha value is -1.12. The molecule has 64 valence electrons. The Bertz CT molecular complexity index is 241. The molecule has 0 aliphatic carbocycles. The van der Waals surface area contributed by atoms with Crippen molar-refractivity contribution in [3.8, 4) is 0 Å². The maximum atomic E-state index is 8.98. The van der Waals surface area contributed by atoms with Crippen molar-refractivity contribution < 1.29 is 10.2 Å². The van der Waals surface area contributed by atoms with Crippen LogP contribution >= 0.6 is 0 Å². The smallest absolute Gasteiger partial charge is 0.0954 e. The van der Waals surface area contributed by atoms with Crippen LogP contribution in [-0.4, -0.2) is 22.9 Å². The second-order valence-corrected chi connectivity index (χ2v) is 2.52. The highest BCUT2D eigenvalue weighted by Gasteiger charge is 1.92. The van der Waals surface area contributed by atoms with Crippen LogP contribution in [0.2, 0.25) is 0 Å². The zero-order valence-corrected chi connectivity index (χ0v) is 6.72. The summed E-state index contributed by atoms with van der Waals surface area (Å²) in [5.41, 5.74) is 1.02. The van der Waals surface area contributed by atoms with Crippen molar-refractivity contribution in [2.45, 2.75) is 6.10 Å². The highest BCUT2D eigenvalue weighted by molar-refractivity contribution is 5.49. The molecule has 0 aliphatic rings. The number of aliphatic hydroxyl groups excluding tert-OH is 2. The average Bonchev–Trinajstić information content (AvgIpc) is 2.16. The molecule has 1 atom stereocenters. The Morgan fingerprint density at radius 2 is 1.92 bits per heavy atom. The summed E-state index contributed by atoms with van der Waals surface area (Å²) in [5.74, 6) is 0. The summed E-state index contributed by atoms with van der Waals surface area (Å²) in [4.78, 5) is 0. The van der Waals surface area contributed by atoms with Gasteiger partial charge in [-0.2, -0.15) is 0 Å². The lowest BCUT2D eigenvalue weighted by Crippen LogP contribution is -2.06. The van der Waals surface area contributed by atoms with E-state index in [4.69, 9.17) is 10.2 Å². The fraction of sp³-hybridized carbons (Fsp3) is 0.200. The van der Waals surface area contributed by atoms with Gasteiger partial charge in [-0.05, 0) is 5.56 Å². The molecule has 1 unspecified atom stereocenters. The number of benzene rings is 1. The summed E-state index contributed by atoms with van der Waals surface area (Å²) in [5, 5.41) is 17.5. The van der Waals surface area contributed by atoms with Gasteiger partial charge in [0.05, 0.1) is 12.7 Å². The Labute approximate surface area is 71.8 Å². The lowest BCUT2D eigenvalue weighted by atomic mass is 10.2. The van der Waals surface area contributed by atoms with Crippen molar-refractivity contribution in [2.24, 2.45) is 0 Å². The molecule has 1 aromatic carbocycles. The van der Waals surface area contributed by atoms with Crippen LogP contribution in [0, 0.1) is 0 Å². The maximum absolute atomic E-state index is 8.98. The number of hydrogen-bond acceptors (Lipinski definition) is 2. The van der Waals surface area contributed by atoms with Crippen molar-refractivity contribution in [2.75, 3.05) is 6.61 Å². The van der Waals surface area contributed by atoms with Gasteiger partial charge in [-0.1, -0.05) is 42.5 Å². The quantitative estimate of drug-likeness (QED) is 0.701. The molecule has 2 nitrogen and oxygen atoms in total. The summed E-state index contributed by atoms with van der Waals surface area (Å²) in [6, 6.07) is 9.64. The van der Waals surface area contributed by atoms with E-state index in [1.807, 2.05) is 30.3 Å². The van der Waals surface area contributed by atoms with E-state index < -0.39 is 6.10 Å². The Morgan fingerprint density at radius 1 is 1.25 bits per heavy atom. The third-order valence-corrected chi connectivity index (χ3v) is 1.50. The van der Waals surface area contributed by atoms with E-state index in [1.165, 1.54) is 0 Å². The molecule has 1 aromatic rings. The first-order chi connectivity index (χ1) is 5.83. The third kappa shape index (κ3) is 2.86. The van der Waals surface area contributed by atoms with E-state index in [2.05, 4.69) is 0 Å². The zero-order chi connectivity index (χ0) is 8.81. The van der Waals surface area contributed by atoms with Gasteiger partial charge < -0.3 is 10.2 Å². The summed E-state index contributed by atoms with van der Waals surface area (Å²) in [7, 11) is 0. The van der Waals surface area contributed by atoms with Crippen LogP contribution in [0.3, 0.4) is 0 Å². The van der Waals surface area contributed by atoms with E-state index in [0.717, 1.165) is 5.56 Å². The van der Waals surface area contributed by atoms with Gasteiger partial charge in [-0.3, -0.25) is 0 Å². The first-order valence-electron chi connectivity index (χ1n) is 3.85. The maximum Gasteiger partial charge on any atom is 0.0954 e. The molecule has 1 rings (SSSR count). The van der Waals surface area contributed by atoms with E-state index in [-0.39, 0.29) is 6.61 Å². The van der Waals surface area contributed by atoms with Crippen molar-refractivity contribution in [1.82, 2.24) is 0 Å². The second kappa shape index (κ2) is 4.70. The highest BCUT2D eigenvalue weighted by Crippen LogP contribution is 2.01. The number of aliphatic hydroxyl groups is 2. The summed E-state index contributed by atoms with van der Waals surface area (Å²) >= 11 is 0. The van der Waals surface area contributed by atoms with Crippen LogP contribution < -0.4 is 0 Å². The third-order valence-electron chi connectivity index (χ3n) is 1.50. The Balaban J connectivity index is 2.58. The fourth-order valence-electron chi connectivity index (χ4n) is 0.847. The SMILES string of the molecule is OCC(O)/C=C\c1ccccc1. The standard InChI is InChI=1S/C10H12O2/c11-8-10(12)7-6-9-4-2-1-3-5-9/h1-7,10-12H,8H2/b7-6-. The minimum Gasteiger partial charge on any atom is -0.393 e. The van der Waals surface area contributed by atoms with Crippen molar-refractivity contribution >= 4 is 6.08 Å². The monoisotopic (exact) mass is 164 g/mol. The van der Waals surface area contributed by atoms with Gasteiger partial charge in [0.1, 0.15) is 0 Å². The molecule has 0 bridgehead atoms. The zero-order valence-electron chi connectivity index (χ0n) is 6.72. The van der Waals surface area contributed by atoms with Crippen LogP contribution in [0.1, 0.15) is 5.56 Å². The van der Waals surface area contributed by atoms with Gasteiger partial charge in [-0.25, -0.2) is 0 Å². The minimum atomic E-state index is -0.759. The summed E-state index contributed by atoms with van der Waals surface area (Å²) in [6.07, 6.45) is 2.58.